The summed E-state index contributed by atoms with van der Waals surface area (Å²) in [6.45, 7) is 4.33. The van der Waals surface area contributed by atoms with E-state index in [-0.39, 0.29) is 17.9 Å². The van der Waals surface area contributed by atoms with Crippen LogP contribution in [0, 0.1) is 0 Å². The molecule has 7 nitrogen and oxygen atoms in total. The summed E-state index contributed by atoms with van der Waals surface area (Å²) in [4.78, 5) is 57.7. The van der Waals surface area contributed by atoms with Gasteiger partial charge in [0.05, 0.1) is 5.69 Å². The molecule has 0 unspecified atom stereocenters. The third kappa shape index (κ3) is 4.78. The normalized spacial score (nSPS) is 14.7. The lowest BCUT2D eigenvalue weighted by atomic mass is 9.85. The maximum Gasteiger partial charge on any atom is 0.265 e. The van der Waals surface area contributed by atoms with Crippen LogP contribution in [0.4, 0.5) is 11.4 Å². The van der Waals surface area contributed by atoms with Crippen molar-refractivity contribution >= 4 is 45.8 Å². The zero-order chi connectivity index (χ0) is 28.4. The van der Waals surface area contributed by atoms with Crippen LogP contribution in [0.1, 0.15) is 119 Å². The minimum Gasteiger partial charge on any atom is -0.399 e. The average Bonchev–Trinajstić information content (AvgIpc) is 2.95. The predicted molar refractivity (Wildman–Crippen MR) is 158 cm³/mol. The average molecular weight is 540 g/mol. The Morgan fingerprint density at radius 2 is 1.00 bits per heavy atom. The number of carbonyl (C=O) groups is 4. The Kier molecular flexibility index (Phi) is 8.01. The zero-order valence-corrected chi connectivity index (χ0v) is 23.4. The maximum atomic E-state index is 14.0. The fourth-order valence-electron chi connectivity index (χ4n) is 6.10. The molecule has 0 saturated heterocycles. The van der Waals surface area contributed by atoms with Crippen LogP contribution in [0.25, 0.3) is 10.8 Å². The number of carbonyl (C=O) groups excluding carboxylic acids is 4. The van der Waals surface area contributed by atoms with Crippen molar-refractivity contribution in [1.82, 2.24) is 4.90 Å². The molecular formula is C33H37N3O4. The molecule has 7 heteroatoms. The molecule has 4 amide bonds. The van der Waals surface area contributed by atoms with Gasteiger partial charge in [-0.1, -0.05) is 65.2 Å². The Balaban J connectivity index is 1.53. The van der Waals surface area contributed by atoms with Gasteiger partial charge in [-0.25, -0.2) is 4.90 Å². The van der Waals surface area contributed by atoms with Crippen molar-refractivity contribution in [1.29, 1.82) is 0 Å². The molecule has 0 fully saturated rings. The van der Waals surface area contributed by atoms with Crippen molar-refractivity contribution in [2.24, 2.45) is 0 Å². The highest BCUT2D eigenvalue weighted by molar-refractivity contribution is 6.39. The van der Waals surface area contributed by atoms with E-state index in [9.17, 15) is 19.2 Å². The lowest BCUT2D eigenvalue weighted by Crippen LogP contribution is -2.48. The van der Waals surface area contributed by atoms with Crippen LogP contribution >= 0.6 is 0 Å². The van der Waals surface area contributed by atoms with Crippen molar-refractivity contribution in [2.75, 3.05) is 10.6 Å². The van der Waals surface area contributed by atoms with E-state index in [0.717, 1.165) is 69.1 Å². The van der Waals surface area contributed by atoms with Crippen molar-refractivity contribution in [3.63, 3.8) is 0 Å². The molecule has 0 aromatic heterocycles. The van der Waals surface area contributed by atoms with Gasteiger partial charge in [-0.3, -0.25) is 24.1 Å². The molecule has 40 heavy (non-hydrogen) atoms. The standard InChI is InChI=1S/C33H37N3O4/c1-3-5-7-9-11-22(12-10-8-6-4-2)35-30(37)24-17-19-26-29-27(20-18-25(28(24)29)31(35)38)33(40)36(32(26)39)23-15-13-21(34)14-16-23/h13-20,22H,3-12,34H2,1-2H3. The highest BCUT2D eigenvalue weighted by Crippen LogP contribution is 2.40. The van der Waals surface area contributed by atoms with Gasteiger partial charge in [-0.05, 0) is 61.4 Å². The lowest BCUT2D eigenvalue weighted by molar-refractivity contribution is 0.0516. The van der Waals surface area contributed by atoms with Gasteiger partial charge in [0.15, 0.2) is 0 Å². The summed E-state index contributed by atoms with van der Waals surface area (Å²) in [5.74, 6) is -1.65. The van der Waals surface area contributed by atoms with E-state index in [1.165, 1.54) is 4.90 Å². The molecule has 2 aliphatic rings. The van der Waals surface area contributed by atoms with Gasteiger partial charge in [0.1, 0.15) is 0 Å². The number of hydrogen-bond acceptors (Lipinski definition) is 5. The van der Waals surface area contributed by atoms with Gasteiger partial charge in [0.2, 0.25) is 0 Å². The number of unbranched alkanes of at least 4 members (excludes halogenated alkanes) is 6. The number of amides is 4. The molecule has 2 aliphatic heterocycles. The summed E-state index contributed by atoms with van der Waals surface area (Å²) in [6.07, 6.45) is 10.2. The van der Waals surface area contributed by atoms with Gasteiger partial charge in [0, 0.05) is 44.8 Å². The van der Waals surface area contributed by atoms with Crippen LogP contribution < -0.4 is 10.6 Å². The molecule has 0 atom stereocenters. The predicted octanol–water partition coefficient (Wildman–Crippen LogP) is 7.13. The molecule has 0 spiro atoms. The SMILES string of the molecule is CCCCCCC(CCCCCC)N1C(=O)c2ccc3c4c(ccc(c24)C1=O)C(=O)N(c1ccc(N)cc1)C3=O. The second-order valence-corrected chi connectivity index (χ2v) is 10.9. The van der Waals surface area contributed by atoms with Crippen LogP contribution in [0.2, 0.25) is 0 Å². The van der Waals surface area contributed by atoms with E-state index >= 15 is 0 Å². The Morgan fingerprint density at radius 3 is 1.43 bits per heavy atom. The van der Waals surface area contributed by atoms with E-state index in [4.69, 9.17) is 5.73 Å². The smallest absolute Gasteiger partial charge is 0.265 e. The molecule has 5 rings (SSSR count). The lowest BCUT2D eigenvalue weighted by Gasteiger charge is -2.36. The third-order valence-electron chi connectivity index (χ3n) is 8.22. The summed E-state index contributed by atoms with van der Waals surface area (Å²) < 4.78 is 0. The largest absolute Gasteiger partial charge is 0.399 e. The van der Waals surface area contributed by atoms with E-state index in [2.05, 4.69) is 13.8 Å². The Labute approximate surface area is 235 Å². The topological polar surface area (TPSA) is 101 Å². The van der Waals surface area contributed by atoms with Crippen LogP contribution in [-0.4, -0.2) is 34.6 Å². The number of nitrogens with zero attached hydrogens (tertiary/aromatic N) is 2. The molecule has 0 bridgehead atoms. The number of rotatable bonds is 12. The van der Waals surface area contributed by atoms with E-state index in [1.54, 1.807) is 48.5 Å². The monoisotopic (exact) mass is 539 g/mol. The van der Waals surface area contributed by atoms with Crippen molar-refractivity contribution in [3.8, 4) is 0 Å². The molecule has 3 aromatic rings. The number of hydrogen-bond donors (Lipinski definition) is 1. The number of imide groups is 2. The fourth-order valence-corrected chi connectivity index (χ4v) is 6.10. The van der Waals surface area contributed by atoms with Gasteiger partial charge in [0.25, 0.3) is 23.6 Å². The van der Waals surface area contributed by atoms with E-state index in [1.807, 2.05) is 0 Å². The second-order valence-electron chi connectivity index (χ2n) is 10.9. The Morgan fingerprint density at radius 1 is 0.575 bits per heavy atom. The van der Waals surface area contributed by atoms with Gasteiger partial charge in [-0.2, -0.15) is 0 Å². The van der Waals surface area contributed by atoms with Crippen LogP contribution in [0.15, 0.2) is 48.5 Å². The number of nitrogen functional groups attached to an aromatic ring is 1. The quantitative estimate of drug-likeness (QED) is 0.150. The number of nitrogens with two attached hydrogens (primary N) is 1. The highest BCUT2D eigenvalue weighted by atomic mass is 16.2. The van der Waals surface area contributed by atoms with E-state index < -0.39 is 11.8 Å². The van der Waals surface area contributed by atoms with Gasteiger partial charge >= 0.3 is 0 Å². The maximum absolute atomic E-state index is 14.0. The summed E-state index contributed by atoms with van der Waals surface area (Å²) in [7, 11) is 0. The Hall–Kier alpha value is -4.00. The molecule has 0 aliphatic carbocycles. The first-order valence-electron chi connectivity index (χ1n) is 14.6. The van der Waals surface area contributed by atoms with Gasteiger partial charge in [-0.15, -0.1) is 0 Å². The molecule has 208 valence electrons. The second kappa shape index (κ2) is 11.6. The van der Waals surface area contributed by atoms with Crippen molar-refractivity contribution in [3.05, 3.63) is 70.8 Å². The van der Waals surface area contributed by atoms with E-state index in [0.29, 0.717) is 44.4 Å². The zero-order valence-electron chi connectivity index (χ0n) is 23.4. The molecule has 3 aromatic carbocycles. The minimum atomic E-state index is -0.488. The highest BCUT2D eigenvalue weighted by Gasteiger charge is 2.41. The molecule has 2 N–H and O–H groups in total. The summed E-state index contributed by atoms with van der Waals surface area (Å²) >= 11 is 0. The fraction of sp³-hybridized carbons (Fsp3) is 0.394. The first-order valence-corrected chi connectivity index (χ1v) is 14.6. The first-order chi connectivity index (χ1) is 19.4. The Bertz CT molecular complexity index is 1390. The number of anilines is 2. The molecule has 0 radical (unpaired) electrons. The first kappa shape index (κ1) is 27.6. The molecule has 0 saturated carbocycles. The summed E-state index contributed by atoms with van der Waals surface area (Å²) in [5, 5.41) is 0.802. The number of benzene rings is 3. The third-order valence-corrected chi connectivity index (χ3v) is 8.22. The minimum absolute atomic E-state index is 0.173. The molecule has 2 heterocycles. The van der Waals surface area contributed by atoms with Crippen molar-refractivity contribution < 1.29 is 19.2 Å². The molecular weight excluding hydrogens is 502 g/mol. The summed E-state index contributed by atoms with van der Waals surface area (Å²) in [5.41, 5.74) is 8.10. The van der Waals surface area contributed by atoms with Crippen molar-refractivity contribution in [2.45, 2.75) is 84.1 Å². The van der Waals surface area contributed by atoms with Crippen LogP contribution in [0.5, 0.6) is 0 Å². The summed E-state index contributed by atoms with van der Waals surface area (Å²) in [6, 6.07) is 12.9. The van der Waals surface area contributed by atoms with Gasteiger partial charge < -0.3 is 5.73 Å². The van der Waals surface area contributed by atoms with Crippen LogP contribution in [0.3, 0.4) is 0 Å². The van der Waals surface area contributed by atoms with Crippen LogP contribution in [-0.2, 0) is 0 Å².